The fourth-order valence-corrected chi connectivity index (χ4v) is 3.76. The number of benzene rings is 2. The van der Waals surface area contributed by atoms with Crippen LogP contribution in [0.2, 0.25) is 0 Å². The average Bonchev–Trinajstić information content (AvgIpc) is 3.06. The van der Waals surface area contributed by atoms with E-state index in [0.717, 1.165) is 47.9 Å². The van der Waals surface area contributed by atoms with Gasteiger partial charge in [0.2, 0.25) is 0 Å². The predicted octanol–water partition coefficient (Wildman–Crippen LogP) is 4.80. The monoisotopic (exact) mass is 360 g/mol. The van der Waals surface area contributed by atoms with Crippen LogP contribution in [-0.2, 0) is 22.9 Å². The number of rotatable bonds is 5. The van der Waals surface area contributed by atoms with Crippen molar-refractivity contribution in [1.29, 1.82) is 5.26 Å². The Hall–Kier alpha value is -2.61. The topological polar surface area (TPSA) is 47.2 Å². The number of fused-ring (bicyclic) bond motifs is 1. The molecule has 0 aliphatic carbocycles. The molecule has 0 saturated carbocycles. The van der Waals surface area contributed by atoms with Crippen LogP contribution >= 0.6 is 0 Å². The summed E-state index contributed by atoms with van der Waals surface area (Å²) in [5, 5.41) is 10.5. The van der Waals surface area contributed by atoms with Crippen molar-refractivity contribution in [1.82, 2.24) is 4.57 Å². The molecule has 1 saturated heterocycles. The molecule has 0 amide bonds. The minimum atomic E-state index is -0.0295. The Balaban J connectivity index is 1.49. The molecule has 4 heteroatoms. The van der Waals surface area contributed by atoms with E-state index in [4.69, 9.17) is 9.47 Å². The van der Waals surface area contributed by atoms with Crippen LogP contribution in [-0.4, -0.2) is 24.1 Å². The highest BCUT2D eigenvalue weighted by atomic mass is 16.7. The molecule has 0 radical (unpaired) electrons. The van der Waals surface area contributed by atoms with E-state index < -0.39 is 0 Å². The third-order valence-electron chi connectivity index (χ3n) is 5.23. The van der Waals surface area contributed by atoms with Gasteiger partial charge in [-0.15, -0.1) is 0 Å². The minimum absolute atomic E-state index is 0.0295. The Bertz CT molecular complexity index is 960. The first kappa shape index (κ1) is 17.8. The first-order chi connectivity index (χ1) is 13.3. The lowest BCUT2D eigenvalue weighted by Crippen LogP contribution is -2.23. The SMILES string of the molecule is Cn1cc(-c2ccc(CCO[C@H]3CCCCO3)cc2)c2c(C#N)cccc21. The second-order valence-electron chi connectivity index (χ2n) is 7.08. The molecule has 1 aliphatic rings. The van der Waals surface area contributed by atoms with Crippen molar-refractivity contribution in [2.45, 2.75) is 32.0 Å². The maximum atomic E-state index is 9.48. The van der Waals surface area contributed by atoms with Gasteiger partial charge >= 0.3 is 0 Å². The molecule has 4 rings (SSSR count). The summed E-state index contributed by atoms with van der Waals surface area (Å²) >= 11 is 0. The van der Waals surface area contributed by atoms with Gasteiger partial charge in [-0.2, -0.15) is 5.26 Å². The highest BCUT2D eigenvalue weighted by Crippen LogP contribution is 2.32. The molecule has 3 aromatic rings. The molecule has 1 atom stereocenters. The van der Waals surface area contributed by atoms with Crippen molar-refractivity contribution in [3.05, 3.63) is 59.8 Å². The third kappa shape index (κ3) is 3.75. The van der Waals surface area contributed by atoms with Gasteiger partial charge in [-0.3, -0.25) is 0 Å². The fourth-order valence-electron chi connectivity index (χ4n) is 3.76. The predicted molar refractivity (Wildman–Crippen MR) is 106 cm³/mol. The maximum Gasteiger partial charge on any atom is 0.157 e. The van der Waals surface area contributed by atoms with Gasteiger partial charge in [0, 0.05) is 36.3 Å². The lowest BCUT2D eigenvalue weighted by molar-refractivity contribution is -0.161. The summed E-state index contributed by atoms with van der Waals surface area (Å²) in [6.07, 6.45) is 6.28. The van der Waals surface area contributed by atoms with Gasteiger partial charge in [0.1, 0.15) is 0 Å². The highest BCUT2D eigenvalue weighted by Gasteiger charge is 2.14. The van der Waals surface area contributed by atoms with Gasteiger partial charge in [-0.25, -0.2) is 0 Å². The van der Waals surface area contributed by atoms with Crippen LogP contribution in [0.1, 0.15) is 30.4 Å². The first-order valence-electron chi connectivity index (χ1n) is 9.57. The summed E-state index contributed by atoms with van der Waals surface area (Å²) < 4.78 is 13.5. The van der Waals surface area contributed by atoms with Crippen LogP contribution in [0.3, 0.4) is 0 Å². The van der Waals surface area contributed by atoms with Crippen molar-refractivity contribution in [3.8, 4) is 17.2 Å². The summed E-state index contributed by atoms with van der Waals surface area (Å²) in [6, 6.07) is 16.8. The summed E-state index contributed by atoms with van der Waals surface area (Å²) in [4.78, 5) is 0. The van der Waals surface area contributed by atoms with E-state index in [1.807, 2.05) is 19.2 Å². The van der Waals surface area contributed by atoms with E-state index in [1.165, 1.54) is 12.0 Å². The molecule has 0 unspecified atom stereocenters. The van der Waals surface area contributed by atoms with Gasteiger partial charge < -0.3 is 14.0 Å². The molecule has 138 valence electrons. The standard InChI is InChI=1S/C23H24N2O2/c1-25-16-20(23-19(15-24)5-4-6-21(23)25)18-10-8-17(9-11-18)12-14-27-22-7-2-3-13-26-22/h4-6,8-11,16,22H,2-3,7,12-14H2,1H3/t22-/m0/s1. The molecule has 1 aromatic heterocycles. The van der Waals surface area contributed by atoms with E-state index >= 15 is 0 Å². The molecule has 1 aliphatic heterocycles. The normalized spacial score (nSPS) is 17.1. The van der Waals surface area contributed by atoms with Gasteiger partial charge in [-0.05, 0) is 48.9 Å². The van der Waals surface area contributed by atoms with E-state index in [1.54, 1.807) is 0 Å². The van der Waals surface area contributed by atoms with Crippen molar-refractivity contribution in [2.75, 3.05) is 13.2 Å². The molecule has 27 heavy (non-hydrogen) atoms. The maximum absolute atomic E-state index is 9.48. The van der Waals surface area contributed by atoms with E-state index in [2.05, 4.69) is 47.2 Å². The smallest absolute Gasteiger partial charge is 0.157 e. The summed E-state index contributed by atoms with van der Waals surface area (Å²) in [5.41, 5.74) is 5.27. The zero-order valence-corrected chi connectivity index (χ0v) is 15.6. The molecule has 2 heterocycles. The van der Waals surface area contributed by atoms with Crippen molar-refractivity contribution < 1.29 is 9.47 Å². The lowest BCUT2D eigenvalue weighted by atomic mass is 10.00. The first-order valence-corrected chi connectivity index (χ1v) is 9.57. The molecule has 0 N–H and O–H groups in total. The summed E-state index contributed by atoms with van der Waals surface area (Å²) in [5.74, 6) is 0. The molecular formula is C23H24N2O2. The number of aromatic nitrogens is 1. The number of hydrogen-bond donors (Lipinski definition) is 0. The second kappa shape index (κ2) is 7.96. The Morgan fingerprint density at radius 3 is 2.78 bits per heavy atom. The van der Waals surface area contributed by atoms with Crippen LogP contribution in [0.4, 0.5) is 0 Å². The lowest BCUT2D eigenvalue weighted by Gasteiger charge is -2.22. The zero-order valence-electron chi connectivity index (χ0n) is 15.6. The summed E-state index contributed by atoms with van der Waals surface area (Å²) in [7, 11) is 2.02. The van der Waals surface area contributed by atoms with Crippen LogP contribution in [0, 0.1) is 11.3 Å². The van der Waals surface area contributed by atoms with Gasteiger partial charge in [0.15, 0.2) is 6.29 Å². The van der Waals surface area contributed by atoms with E-state index in [0.29, 0.717) is 12.2 Å². The van der Waals surface area contributed by atoms with Crippen LogP contribution in [0.25, 0.3) is 22.0 Å². The Labute approximate surface area is 159 Å². The highest BCUT2D eigenvalue weighted by molar-refractivity contribution is 5.99. The van der Waals surface area contributed by atoms with Crippen molar-refractivity contribution >= 4 is 10.9 Å². The molecule has 2 aromatic carbocycles. The Morgan fingerprint density at radius 1 is 1.19 bits per heavy atom. The Kier molecular flexibility index (Phi) is 5.24. The average molecular weight is 360 g/mol. The molecule has 0 spiro atoms. The molecule has 4 nitrogen and oxygen atoms in total. The zero-order chi connectivity index (χ0) is 18.6. The van der Waals surface area contributed by atoms with Crippen molar-refractivity contribution in [2.24, 2.45) is 7.05 Å². The minimum Gasteiger partial charge on any atom is -0.353 e. The number of aryl methyl sites for hydroxylation is 1. The van der Waals surface area contributed by atoms with Gasteiger partial charge in [0.25, 0.3) is 0 Å². The largest absolute Gasteiger partial charge is 0.353 e. The fraction of sp³-hybridized carbons (Fsp3) is 0.348. The van der Waals surface area contributed by atoms with Crippen LogP contribution in [0.5, 0.6) is 0 Å². The molecule has 0 bridgehead atoms. The van der Waals surface area contributed by atoms with Gasteiger partial charge in [0.05, 0.1) is 18.2 Å². The second-order valence-corrected chi connectivity index (χ2v) is 7.08. The molecule has 1 fully saturated rings. The van der Waals surface area contributed by atoms with Crippen LogP contribution in [0.15, 0.2) is 48.7 Å². The van der Waals surface area contributed by atoms with Crippen LogP contribution < -0.4 is 0 Å². The van der Waals surface area contributed by atoms with E-state index in [-0.39, 0.29) is 6.29 Å². The number of nitriles is 1. The Morgan fingerprint density at radius 2 is 2.04 bits per heavy atom. The van der Waals surface area contributed by atoms with E-state index in [9.17, 15) is 5.26 Å². The number of ether oxygens (including phenoxy) is 2. The van der Waals surface area contributed by atoms with Crippen molar-refractivity contribution in [3.63, 3.8) is 0 Å². The number of hydrogen-bond acceptors (Lipinski definition) is 3. The third-order valence-corrected chi connectivity index (χ3v) is 5.23. The summed E-state index contributed by atoms with van der Waals surface area (Å²) in [6.45, 7) is 1.49. The van der Waals surface area contributed by atoms with Gasteiger partial charge in [-0.1, -0.05) is 30.3 Å². The molecular weight excluding hydrogens is 336 g/mol. The quantitative estimate of drug-likeness (QED) is 0.656. The number of nitrogens with zero attached hydrogens (tertiary/aromatic N) is 2.